The van der Waals surface area contributed by atoms with Gasteiger partial charge in [-0.2, -0.15) is 0 Å². The number of rotatable bonds is 3. The van der Waals surface area contributed by atoms with Crippen LogP contribution in [0.15, 0.2) is 0 Å². The fraction of sp³-hybridized carbons (Fsp3) is 1.00. The van der Waals surface area contributed by atoms with Crippen molar-refractivity contribution in [3.8, 4) is 0 Å². The molecule has 0 aliphatic heterocycles. The van der Waals surface area contributed by atoms with E-state index in [4.69, 9.17) is 4.74 Å². The van der Waals surface area contributed by atoms with Crippen molar-refractivity contribution in [2.24, 2.45) is 0 Å². The molecule has 0 aromatic carbocycles. The lowest BCUT2D eigenvalue weighted by Gasteiger charge is -2.24. The molecule has 2 nitrogen and oxygen atoms in total. The summed E-state index contributed by atoms with van der Waals surface area (Å²) in [5.74, 6) is 0. The zero-order chi connectivity index (χ0) is 8.81. The predicted molar refractivity (Wildman–Crippen MR) is 51.3 cm³/mol. The monoisotopic (exact) mass is 171 g/mol. The van der Waals surface area contributed by atoms with Crippen molar-refractivity contribution in [2.45, 2.75) is 51.2 Å². The molecule has 72 valence electrons. The first kappa shape index (κ1) is 10.0. The summed E-state index contributed by atoms with van der Waals surface area (Å²) in [5.41, 5.74) is 0. The molecule has 0 bridgehead atoms. The molecule has 0 spiro atoms. The van der Waals surface area contributed by atoms with E-state index >= 15 is 0 Å². The molecule has 1 saturated carbocycles. The molecular weight excluding hydrogens is 150 g/mol. The van der Waals surface area contributed by atoms with Crippen LogP contribution in [0.5, 0.6) is 0 Å². The van der Waals surface area contributed by atoms with Crippen LogP contribution in [0, 0.1) is 0 Å². The van der Waals surface area contributed by atoms with Crippen LogP contribution in [-0.2, 0) is 4.74 Å². The maximum atomic E-state index is 5.70. The summed E-state index contributed by atoms with van der Waals surface area (Å²) in [7, 11) is 2.04. The Morgan fingerprint density at radius 1 is 1.25 bits per heavy atom. The van der Waals surface area contributed by atoms with Crippen LogP contribution in [-0.4, -0.2) is 25.8 Å². The molecule has 12 heavy (non-hydrogen) atoms. The molecule has 1 aliphatic rings. The first-order valence-corrected chi connectivity index (χ1v) is 5.17. The molecule has 0 unspecified atom stereocenters. The Morgan fingerprint density at radius 3 is 2.67 bits per heavy atom. The van der Waals surface area contributed by atoms with Crippen molar-refractivity contribution in [1.29, 1.82) is 0 Å². The van der Waals surface area contributed by atoms with E-state index in [0.29, 0.717) is 12.1 Å². The van der Waals surface area contributed by atoms with Crippen molar-refractivity contribution < 1.29 is 4.74 Å². The van der Waals surface area contributed by atoms with Crippen molar-refractivity contribution >= 4 is 0 Å². The van der Waals surface area contributed by atoms with E-state index in [1.807, 2.05) is 7.05 Å². The largest absolute Gasteiger partial charge is 0.377 e. The van der Waals surface area contributed by atoms with Gasteiger partial charge in [0, 0.05) is 12.6 Å². The van der Waals surface area contributed by atoms with Gasteiger partial charge in [-0.3, -0.25) is 0 Å². The highest BCUT2D eigenvalue weighted by Crippen LogP contribution is 2.20. The van der Waals surface area contributed by atoms with Crippen LogP contribution in [0.4, 0.5) is 0 Å². The van der Waals surface area contributed by atoms with Crippen molar-refractivity contribution in [1.82, 2.24) is 5.32 Å². The van der Waals surface area contributed by atoms with Gasteiger partial charge in [0.05, 0.1) is 6.10 Å². The van der Waals surface area contributed by atoms with E-state index in [1.54, 1.807) is 0 Å². The van der Waals surface area contributed by atoms with Gasteiger partial charge >= 0.3 is 0 Å². The van der Waals surface area contributed by atoms with Gasteiger partial charge in [0.1, 0.15) is 0 Å². The molecule has 0 radical (unpaired) electrons. The van der Waals surface area contributed by atoms with Gasteiger partial charge < -0.3 is 10.1 Å². The fourth-order valence-electron chi connectivity index (χ4n) is 2.02. The summed E-state index contributed by atoms with van der Waals surface area (Å²) in [6, 6.07) is 0.590. The average molecular weight is 171 g/mol. The minimum Gasteiger partial charge on any atom is -0.377 e. The standard InChI is InChI=1S/C10H21NO/c1-3-12-10-8-6-4-5-7-9(10)11-2/h9-11H,3-8H2,1-2H3/t9-,10-/m1/s1. The van der Waals surface area contributed by atoms with Crippen LogP contribution in [0.2, 0.25) is 0 Å². The quantitative estimate of drug-likeness (QED) is 0.655. The Balaban J connectivity index is 2.39. The zero-order valence-corrected chi connectivity index (χ0v) is 8.31. The number of likely N-dealkylation sites (N-methyl/N-ethyl adjacent to an activating group) is 1. The molecule has 0 amide bonds. The highest BCUT2D eigenvalue weighted by Gasteiger charge is 2.21. The molecule has 1 fully saturated rings. The molecule has 0 saturated heterocycles. The summed E-state index contributed by atoms with van der Waals surface area (Å²) < 4.78 is 5.70. The molecule has 1 N–H and O–H groups in total. The lowest BCUT2D eigenvalue weighted by molar-refractivity contribution is 0.0321. The number of nitrogens with one attached hydrogen (secondary N) is 1. The van der Waals surface area contributed by atoms with Gasteiger partial charge in [-0.1, -0.05) is 19.3 Å². The third kappa shape index (κ3) is 2.76. The van der Waals surface area contributed by atoms with Crippen LogP contribution in [0.1, 0.15) is 39.0 Å². The SMILES string of the molecule is CCO[C@@H]1CCCCC[C@H]1NC. The Morgan fingerprint density at radius 2 is 2.00 bits per heavy atom. The normalized spacial score (nSPS) is 31.5. The first-order chi connectivity index (χ1) is 5.88. The van der Waals surface area contributed by atoms with E-state index in [9.17, 15) is 0 Å². The summed E-state index contributed by atoms with van der Waals surface area (Å²) in [6.45, 7) is 2.93. The second-order valence-electron chi connectivity index (χ2n) is 3.53. The Labute approximate surface area is 75.7 Å². The fourth-order valence-corrected chi connectivity index (χ4v) is 2.02. The number of hydrogen-bond donors (Lipinski definition) is 1. The van der Waals surface area contributed by atoms with Crippen molar-refractivity contribution in [3.05, 3.63) is 0 Å². The molecule has 0 aromatic heterocycles. The van der Waals surface area contributed by atoms with E-state index in [0.717, 1.165) is 6.61 Å². The van der Waals surface area contributed by atoms with Gasteiger partial charge in [-0.15, -0.1) is 0 Å². The number of hydrogen-bond acceptors (Lipinski definition) is 2. The van der Waals surface area contributed by atoms with Crippen LogP contribution >= 0.6 is 0 Å². The topological polar surface area (TPSA) is 21.3 Å². The van der Waals surface area contributed by atoms with Gasteiger partial charge in [0.15, 0.2) is 0 Å². The summed E-state index contributed by atoms with van der Waals surface area (Å²) >= 11 is 0. The third-order valence-corrected chi connectivity index (χ3v) is 2.70. The first-order valence-electron chi connectivity index (χ1n) is 5.17. The molecule has 0 aromatic rings. The molecule has 1 aliphatic carbocycles. The third-order valence-electron chi connectivity index (χ3n) is 2.70. The summed E-state index contributed by atoms with van der Waals surface area (Å²) in [5, 5.41) is 3.35. The minimum absolute atomic E-state index is 0.461. The van der Waals surface area contributed by atoms with Gasteiger partial charge in [0.25, 0.3) is 0 Å². The molecule has 0 heterocycles. The summed E-state index contributed by atoms with van der Waals surface area (Å²) in [6.07, 6.45) is 7.04. The average Bonchev–Trinajstić information content (AvgIpc) is 2.30. The van der Waals surface area contributed by atoms with Gasteiger partial charge in [0.2, 0.25) is 0 Å². The maximum absolute atomic E-state index is 5.70. The Hall–Kier alpha value is -0.0800. The van der Waals surface area contributed by atoms with Crippen molar-refractivity contribution in [2.75, 3.05) is 13.7 Å². The van der Waals surface area contributed by atoms with E-state index in [1.165, 1.54) is 32.1 Å². The highest BCUT2D eigenvalue weighted by molar-refractivity contribution is 4.78. The Bertz CT molecular complexity index is 116. The molecule has 2 heteroatoms. The van der Waals surface area contributed by atoms with Crippen LogP contribution in [0.3, 0.4) is 0 Å². The molecular formula is C10H21NO. The molecule has 2 atom stereocenters. The van der Waals surface area contributed by atoms with Gasteiger partial charge in [-0.25, -0.2) is 0 Å². The lowest BCUT2D eigenvalue weighted by atomic mass is 10.1. The lowest BCUT2D eigenvalue weighted by Crippen LogP contribution is -2.38. The van der Waals surface area contributed by atoms with Crippen LogP contribution in [0.25, 0.3) is 0 Å². The minimum atomic E-state index is 0.461. The predicted octanol–water partition coefficient (Wildman–Crippen LogP) is 1.94. The number of ether oxygens (including phenoxy) is 1. The van der Waals surface area contributed by atoms with E-state index < -0.39 is 0 Å². The van der Waals surface area contributed by atoms with E-state index in [2.05, 4.69) is 12.2 Å². The smallest absolute Gasteiger partial charge is 0.0727 e. The summed E-state index contributed by atoms with van der Waals surface area (Å²) in [4.78, 5) is 0. The van der Waals surface area contributed by atoms with Crippen LogP contribution < -0.4 is 5.32 Å². The van der Waals surface area contributed by atoms with E-state index in [-0.39, 0.29) is 0 Å². The van der Waals surface area contributed by atoms with Crippen molar-refractivity contribution in [3.63, 3.8) is 0 Å². The van der Waals surface area contributed by atoms with Gasteiger partial charge in [-0.05, 0) is 26.8 Å². The maximum Gasteiger partial charge on any atom is 0.0727 e. The second-order valence-corrected chi connectivity index (χ2v) is 3.53. The second kappa shape index (κ2) is 5.55. The highest BCUT2D eigenvalue weighted by atomic mass is 16.5. The molecule has 1 rings (SSSR count). The zero-order valence-electron chi connectivity index (χ0n) is 8.31. The Kier molecular flexibility index (Phi) is 4.62.